The number of hydrogen-bond donors (Lipinski definition) is 2. The van der Waals surface area contributed by atoms with E-state index < -0.39 is 0 Å². The standard InChI is InChI=1S/C19H26N6S/c1-13-14(4-9-22-16(13)20)26-18-17(21)24-15(12-23-18)25-10-7-19(8-11-25)5-2-3-6-19/h4,9,12H,2-3,5-8,10-11H2,1H3,(H2,20,22)(H2,21,24). The number of nitrogens with two attached hydrogens (primary N) is 2. The minimum absolute atomic E-state index is 0.475. The zero-order valence-corrected chi connectivity index (χ0v) is 16.1. The van der Waals surface area contributed by atoms with Gasteiger partial charge < -0.3 is 16.4 Å². The van der Waals surface area contributed by atoms with Gasteiger partial charge >= 0.3 is 0 Å². The molecule has 1 aliphatic carbocycles. The maximum atomic E-state index is 6.21. The molecule has 4 rings (SSSR count). The largest absolute Gasteiger partial charge is 0.383 e. The lowest BCUT2D eigenvalue weighted by Gasteiger charge is -2.39. The van der Waals surface area contributed by atoms with E-state index in [0.29, 0.717) is 22.1 Å². The molecule has 1 spiro atoms. The molecule has 2 aromatic heterocycles. The molecule has 0 atom stereocenters. The average molecular weight is 371 g/mol. The lowest BCUT2D eigenvalue weighted by Crippen LogP contribution is -2.39. The van der Waals surface area contributed by atoms with Crippen molar-refractivity contribution in [3.63, 3.8) is 0 Å². The van der Waals surface area contributed by atoms with Crippen molar-refractivity contribution in [1.82, 2.24) is 15.0 Å². The smallest absolute Gasteiger partial charge is 0.158 e. The molecule has 1 saturated carbocycles. The van der Waals surface area contributed by atoms with Crippen LogP contribution in [0.1, 0.15) is 44.1 Å². The summed E-state index contributed by atoms with van der Waals surface area (Å²) in [5.74, 6) is 1.90. The Bertz CT molecular complexity index is 793. The zero-order chi connectivity index (χ0) is 18.1. The van der Waals surface area contributed by atoms with Crippen LogP contribution in [-0.4, -0.2) is 28.0 Å². The predicted molar refractivity (Wildman–Crippen MR) is 106 cm³/mol. The molecule has 6 nitrogen and oxygen atoms in total. The van der Waals surface area contributed by atoms with E-state index in [1.54, 1.807) is 6.20 Å². The fourth-order valence-corrected chi connectivity index (χ4v) is 5.05. The lowest BCUT2D eigenvalue weighted by atomic mass is 9.77. The van der Waals surface area contributed by atoms with E-state index in [1.165, 1.54) is 50.3 Å². The normalized spacial score (nSPS) is 19.2. The topological polar surface area (TPSA) is 94.0 Å². The Morgan fingerprint density at radius 1 is 1.04 bits per heavy atom. The van der Waals surface area contributed by atoms with Gasteiger partial charge in [0.15, 0.2) is 5.82 Å². The molecule has 0 amide bonds. The van der Waals surface area contributed by atoms with Crippen LogP contribution in [0, 0.1) is 12.3 Å². The Labute approximate surface area is 158 Å². The summed E-state index contributed by atoms with van der Waals surface area (Å²) in [6.07, 6.45) is 11.7. The second-order valence-electron chi connectivity index (χ2n) is 7.53. The summed E-state index contributed by atoms with van der Waals surface area (Å²) in [5, 5.41) is 0.715. The van der Waals surface area contributed by atoms with Gasteiger partial charge in [0, 0.05) is 29.7 Å². The summed E-state index contributed by atoms with van der Waals surface area (Å²) < 4.78 is 0. The van der Waals surface area contributed by atoms with E-state index in [1.807, 2.05) is 19.2 Å². The highest BCUT2D eigenvalue weighted by molar-refractivity contribution is 7.99. The predicted octanol–water partition coefficient (Wildman–Crippen LogP) is 3.66. The third-order valence-corrected chi connectivity index (χ3v) is 7.13. The van der Waals surface area contributed by atoms with Gasteiger partial charge in [-0.3, -0.25) is 0 Å². The van der Waals surface area contributed by atoms with Crippen LogP contribution in [0.5, 0.6) is 0 Å². The van der Waals surface area contributed by atoms with Crippen molar-refractivity contribution in [3.8, 4) is 0 Å². The third-order valence-electron chi connectivity index (χ3n) is 5.96. The van der Waals surface area contributed by atoms with Gasteiger partial charge in [0.05, 0.1) is 6.20 Å². The molecule has 0 unspecified atom stereocenters. The second-order valence-corrected chi connectivity index (χ2v) is 8.56. The van der Waals surface area contributed by atoms with Gasteiger partial charge in [0.25, 0.3) is 0 Å². The van der Waals surface area contributed by atoms with Crippen LogP contribution in [-0.2, 0) is 0 Å². The minimum atomic E-state index is 0.475. The molecular weight excluding hydrogens is 344 g/mol. The van der Waals surface area contributed by atoms with E-state index >= 15 is 0 Å². The van der Waals surface area contributed by atoms with Crippen LogP contribution in [0.25, 0.3) is 0 Å². The molecule has 2 fully saturated rings. The molecule has 26 heavy (non-hydrogen) atoms. The van der Waals surface area contributed by atoms with E-state index in [2.05, 4.69) is 19.9 Å². The van der Waals surface area contributed by atoms with Crippen LogP contribution in [0.3, 0.4) is 0 Å². The first-order valence-corrected chi connectivity index (χ1v) is 10.1. The van der Waals surface area contributed by atoms with Crippen molar-refractivity contribution in [2.75, 3.05) is 29.5 Å². The van der Waals surface area contributed by atoms with Gasteiger partial charge in [0.2, 0.25) is 0 Å². The van der Waals surface area contributed by atoms with E-state index in [4.69, 9.17) is 11.5 Å². The summed E-state index contributed by atoms with van der Waals surface area (Å²) in [4.78, 5) is 16.7. The Morgan fingerprint density at radius 2 is 1.77 bits per heavy atom. The molecule has 0 aromatic carbocycles. The molecule has 0 radical (unpaired) electrons. The summed E-state index contributed by atoms with van der Waals surface area (Å²) in [6, 6.07) is 1.93. The van der Waals surface area contributed by atoms with Crippen molar-refractivity contribution in [2.45, 2.75) is 55.4 Å². The Kier molecular flexibility index (Phi) is 4.65. The molecule has 1 saturated heterocycles. The number of aromatic nitrogens is 3. The number of pyridine rings is 1. The summed E-state index contributed by atoms with van der Waals surface area (Å²) in [5.41, 5.74) is 13.6. The monoisotopic (exact) mass is 370 g/mol. The number of piperidine rings is 1. The minimum Gasteiger partial charge on any atom is -0.383 e. The Balaban J connectivity index is 1.47. The first kappa shape index (κ1) is 17.4. The molecule has 7 heteroatoms. The van der Waals surface area contributed by atoms with Crippen LogP contribution in [0.15, 0.2) is 28.4 Å². The van der Waals surface area contributed by atoms with Crippen LogP contribution >= 0.6 is 11.8 Å². The van der Waals surface area contributed by atoms with Crippen molar-refractivity contribution in [3.05, 3.63) is 24.0 Å². The van der Waals surface area contributed by atoms with Crippen LogP contribution < -0.4 is 16.4 Å². The lowest BCUT2D eigenvalue weighted by molar-refractivity contribution is 0.226. The maximum absolute atomic E-state index is 6.21. The third kappa shape index (κ3) is 3.32. The van der Waals surface area contributed by atoms with Gasteiger partial charge in [-0.1, -0.05) is 24.6 Å². The zero-order valence-electron chi connectivity index (χ0n) is 15.2. The fourth-order valence-electron chi connectivity index (χ4n) is 4.20. The number of nitrogen functional groups attached to an aromatic ring is 2. The van der Waals surface area contributed by atoms with Gasteiger partial charge in [-0.2, -0.15) is 0 Å². The van der Waals surface area contributed by atoms with Gasteiger partial charge in [0.1, 0.15) is 16.7 Å². The molecule has 1 aliphatic heterocycles. The fraction of sp³-hybridized carbons (Fsp3) is 0.526. The number of nitrogens with zero attached hydrogens (tertiary/aromatic N) is 4. The van der Waals surface area contributed by atoms with Crippen molar-refractivity contribution in [1.29, 1.82) is 0 Å². The first-order valence-electron chi connectivity index (χ1n) is 9.33. The van der Waals surface area contributed by atoms with Crippen molar-refractivity contribution >= 4 is 29.2 Å². The number of anilines is 3. The highest BCUT2D eigenvalue weighted by Crippen LogP contribution is 2.46. The molecule has 3 heterocycles. The van der Waals surface area contributed by atoms with Crippen molar-refractivity contribution < 1.29 is 0 Å². The molecule has 2 aliphatic rings. The maximum Gasteiger partial charge on any atom is 0.158 e. The van der Waals surface area contributed by atoms with E-state index in [0.717, 1.165) is 29.4 Å². The second kappa shape index (κ2) is 6.95. The summed E-state index contributed by atoms with van der Waals surface area (Å²) >= 11 is 1.49. The molecule has 0 bridgehead atoms. The van der Waals surface area contributed by atoms with E-state index in [-0.39, 0.29) is 0 Å². The van der Waals surface area contributed by atoms with Gasteiger partial charge in [-0.25, -0.2) is 15.0 Å². The van der Waals surface area contributed by atoms with Crippen LogP contribution in [0.4, 0.5) is 17.5 Å². The SMILES string of the molecule is Cc1c(Sc2ncc(N3CCC4(CCCC4)CC3)nc2N)ccnc1N. The average Bonchev–Trinajstić information content (AvgIpc) is 3.09. The quantitative estimate of drug-likeness (QED) is 0.851. The molecule has 4 N–H and O–H groups in total. The highest BCUT2D eigenvalue weighted by Gasteiger charge is 2.37. The first-order chi connectivity index (χ1) is 12.6. The van der Waals surface area contributed by atoms with Crippen molar-refractivity contribution in [2.24, 2.45) is 5.41 Å². The Hall–Kier alpha value is -2.02. The van der Waals surface area contributed by atoms with Gasteiger partial charge in [-0.15, -0.1) is 0 Å². The van der Waals surface area contributed by atoms with Gasteiger partial charge in [-0.05, 0) is 44.1 Å². The van der Waals surface area contributed by atoms with Crippen LogP contribution in [0.2, 0.25) is 0 Å². The molecule has 2 aromatic rings. The van der Waals surface area contributed by atoms with E-state index in [9.17, 15) is 0 Å². The highest BCUT2D eigenvalue weighted by atomic mass is 32.2. The molecule has 138 valence electrons. The summed E-state index contributed by atoms with van der Waals surface area (Å²) in [6.45, 7) is 4.07. The number of rotatable bonds is 3. The summed E-state index contributed by atoms with van der Waals surface area (Å²) in [7, 11) is 0. The number of hydrogen-bond acceptors (Lipinski definition) is 7. The Morgan fingerprint density at radius 3 is 2.46 bits per heavy atom. The molecular formula is C19H26N6S.